The first-order chi connectivity index (χ1) is 17.0. The maximum absolute atomic E-state index is 12.8. The lowest BCUT2D eigenvalue weighted by Crippen LogP contribution is -2.41. The highest BCUT2D eigenvalue weighted by Crippen LogP contribution is 2.29. The Labute approximate surface area is 207 Å². The Morgan fingerprint density at radius 1 is 0.971 bits per heavy atom. The predicted molar refractivity (Wildman–Crippen MR) is 141 cm³/mol. The number of carbonyl (C=O) groups is 1. The lowest BCUT2D eigenvalue weighted by atomic mass is 9.96. The fourth-order valence-corrected chi connectivity index (χ4v) is 4.48. The summed E-state index contributed by atoms with van der Waals surface area (Å²) in [7, 11) is 7.24. The Hall–Kier alpha value is -3.71. The van der Waals surface area contributed by atoms with Crippen LogP contribution in [0.1, 0.15) is 22.7 Å². The van der Waals surface area contributed by atoms with Crippen molar-refractivity contribution in [2.75, 3.05) is 51.6 Å². The van der Waals surface area contributed by atoms with Crippen molar-refractivity contribution >= 4 is 17.4 Å². The van der Waals surface area contributed by atoms with Crippen LogP contribution < -0.4 is 25.0 Å². The molecule has 4 rings (SSSR count). The number of rotatable bonds is 8. The highest BCUT2D eigenvalue weighted by atomic mass is 16.5. The fraction of sp³-hybridized carbons (Fsp3) is 0.321. The molecule has 7 heteroatoms. The first-order valence-electron chi connectivity index (χ1n) is 11.8. The predicted octanol–water partition coefficient (Wildman–Crippen LogP) is 4.69. The van der Waals surface area contributed by atoms with Gasteiger partial charge in [-0.3, -0.25) is 4.90 Å². The van der Waals surface area contributed by atoms with E-state index in [1.807, 2.05) is 14.1 Å². The molecule has 0 fully saturated rings. The normalized spacial score (nSPS) is 13.9. The molecule has 0 saturated carbocycles. The van der Waals surface area contributed by atoms with Gasteiger partial charge in [-0.2, -0.15) is 0 Å². The number of nitrogens with zero attached hydrogens (tertiary/aromatic N) is 2. The van der Waals surface area contributed by atoms with Crippen LogP contribution in [0.15, 0.2) is 66.7 Å². The van der Waals surface area contributed by atoms with Crippen molar-refractivity contribution in [2.24, 2.45) is 0 Å². The van der Waals surface area contributed by atoms with E-state index < -0.39 is 0 Å². The molecule has 0 aromatic heterocycles. The van der Waals surface area contributed by atoms with Gasteiger partial charge in [-0.15, -0.1) is 0 Å². The third-order valence-corrected chi connectivity index (χ3v) is 6.46. The second-order valence-electron chi connectivity index (χ2n) is 8.93. The lowest BCUT2D eigenvalue weighted by Gasteiger charge is -2.36. The molecular formula is C28H34N4O3. The zero-order chi connectivity index (χ0) is 24.8. The van der Waals surface area contributed by atoms with E-state index in [2.05, 4.69) is 69.0 Å². The topological polar surface area (TPSA) is 66.1 Å². The molecule has 2 amide bonds. The van der Waals surface area contributed by atoms with Crippen molar-refractivity contribution in [3.8, 4) is 11.5 Å². The molecule has 0 bridgehead atoms. The molecule has 184 valence electrons. The highest BCUT2D eigenvalue weighted by molar-refractivity contribution is 5.89. The third-order valence-electron chi connectivity index (χ3n) is 6.46. The Morgan fingerprint density at radius 3 is 2.26 bits per heavy atom. The minimum Gasteiger partial charge on any atom is -0.497 e. The average molecular weight is 475 g/mol. The Kier molecular flexibility index (Phi) is 7.77. The standard InChI is InChI=1S/C28H34N4O3/c1-31(2)24-11-9-21(10-12-24)27(32-14-13-20-7-5-6-8-22(20)19-32)18-29-28(33)30-23-15-25(34-3)17-26(16-23)35-4/h5-12,15-17,27H,13-14,18-19H2,1-4H3,(H2,29,30,33)/t27-/m1/s1. The van der Waals surface area contributed by atoms with Crippen LogP contribution in [0.4, 0.5) is 16.2 Å². The van der Waals surface area contributed by atoms with Gasteiger partial charge < -0.3 is 25.0 Å². The summed E-state index contributed by atoms with van der Waals surface area (Å²) in [4.78, 5) is 17.4. The molecule has 0 aliphatic carbocycles. The first kappa shape index (κ1) is 24.4. The minimum absolute atomic E-state index is 0.0464. The zero-order valence-electron chi connectivity index (χ0n) is 20.9. The molecule has 1 aliphatic rings. The summed E-state index contributed by atoms with van der Waals surface area (Å²) in [5.74, 6) is 1.23. The number of benzene rings is 3. The van der Waals surface area contributed by atoms with E-state index in [4.69, 9.17) is 9.47 Å². The van der Waals surface area contributed by atoms with E-state index >= 15 is 0 Å². The molecule has 3 aromatic carbocycles. The summed E-state index contributed by atoms with van der Waals surface area (Å²) in [6.45, 7) is 2.27. The quantitative estimate of drug-likeness (QED) is 0.496. The van der Waals surface area contributed by atoms with Gasteiger partial charge in [-0.1, -0.05) is 36.4 Å². The molecule has 1 atom stereocenters. The van der Waals surface area contributed by atoms with Gasteiger partial charge in [0.15, 0.2) is 0 Å². The van der Waals surface area contributed by atoms with Crippen LogP contribution in [0.5, 0.6) is 11.5 Å². The van der Waals surface area contributed by atoms with Crippen LogP contribution in [0.25, 0.3) is 0 Å². The number of hydrogen-bond acceptors (Lipinski definition) is 5. The molecule has 1 aliphatic heterocycles. The second-order valence-corrected chi connectivity index (χ2v) is 8.93. The van der Waals surface area contributed by atoms with Crippen molar-refractivity contribution in [1.82, 2.24) is 10.2 Å². The van der Waals surface area contributed by atoms with Gasteiger partial charge in [0, 0.05) is 63.3 Å². The largest absolute Gasteiger partial charge is 0.497 e. The monoisotopic (exact) mass is 474 g/mol. The summed E-state index contributed by atoms with van der Waals surface area (Å²) in [5, 5.41) is 5.99. The number of nitrogens with one attached hydrogen (secondary N) is 2. The maximum atomic E-state index is 12.8. The number of ether oxygens (including phenoxy) is 2. The molecule has 0 spiro atoms. The van der Waals surface area contributed by atoms with Gasteiger partial charge in [-0.25, -0.2) is 4.79 Å². The molecule has 2 N–H and O–H groups in total. The van der Waals surface area contributed by atoms with Crippen LogP contribution in [-0.4, -0.2) is 52.3 Å². The smallest absolute Gasteiger partial charge is 0.319 e. The summed E-state index contributed by atoms with van der Waals surface area (Å²) in [5.41, 5.74) is 5.69. The van der Waals surface area contributed by atoms with Crippen molar-refractivity contribution in [3.63, 3.8) is 0 Å². The van der Waals surface area contributed by atoms with Crippen molar-refractivity contribution < 1.29 is 14.3 Å². The molecular weight excluding hydrogens is 440 g/mol. The van der Waals surface area contributed by atoms with Gasteiger partial charge in [0.2, 0.25) is 0 Å². The van der Waals surface area contributed by atoms with Crippen molar-refractivity contribution in [3.05, 3.63) is 83.4 Å². The Bertz CT molecular complexity index is 1120. The van der Waals surface area contributed by atoms with Crippen molar-refractivity contribution in [1.29, 1.82) is 0 Å². The van der Waals surface area contributed by atoms with E-state index in [0.717, 1.165) is 25.2 Å². The second kappa shape index (κ2) is 11.1. The van der Waals surface area contributed by atoms with Crippen LogP contribution in [0, 0.1) is 0 Å². The van der Waals surface area contributed by atoms with Crippen LogP contribution in [0.3, 0.4) is 0 Å². The van der Waals surface area contributed by atoms with E-state index in [9.17, 15) is 4.79 Å². The number of urea groups is 1. The molecule has 35 heavy (non-hydrogen) atoms. The SMILES string of the molecule is COc1cc(NC(=O)NC[C@H](c2ccc(N(C)C)cc2)N2CCc3ccccc3C2)cc(OC)c1. The minimum atomic E-state index is -0.271. The lowest BCUT2D eigenvalue weighted by molar-refractivity contribution is 0.175. The number of fused-ring (bicyclic) bond motifs is 1. The van der Waals surface area contributed by atoms with Crippen LogP contribution in [-0.2, 0) is 13.0 Å². The molecule has 0 unspecified atom stereocenters. The number of anilines is 2. The number of methoxy groups -OCH3 is 2. The molecule has 0 radical (unpaired) electrons. The summed E-state index contributed by atoms with van der Waals surface area (Å²) in [6.07, 6.45) is 0.998. The number of amides is 2. The summed E-state index contributed by atoms with van der Waals surface area (Å²) >= 11 is 0. The van der Waals surface area contributed by atoms with Gasteiger partial charge in [0.25, 0.3) is 0 Å². The van der Waals surface area contributed by atoms with Gasteiger partial charge in [-0.05, 0) is 35.2 Å². The van der Waals surface area contributed by atoms with Gasteiger partial charge >= 0.3 is 6.03 Å². The summed E-state index contributed by atoms with van der Waals surface area (Å²) < 4.78 is 10.6. The Morgan fingerprint density at radius 2 is 1.63 bits per heavy atom. The van der Waals surface area contributed by atoms with Crippen molar-refractivity contribution in [2.45, 2.75) is 19.0 Å². The van der Waals surface area contributed by atoms with Gasteiger partial charge in [0.1, 0.15) is 11.5 Å². The highest BCUT2D eigenvalue weighted by Gasteiger charge is 2.25. The Balaban J connectivity index is 1.50. The third kappa shape index (κ3) is 6.05. The van der Waals surface area contributed by atoms with Gasteiger partial charge in [0.05, 0.1) is 20.3 Å². The molecule has 0 saturated heterocycles. The van der Waals surface area contributed by atoms with E-state index in [-0.39, 0.29) is 12.1 Å². The average Bonchev–Trinajstić information content (AvgIpc) is 2.88. The molecule has 1 heterocycles. The molecule has 7 nitrogen and oxygen atoms in total. The van der Waals surface area contributed by atoms with Crippen LogP contribution >= 0.6 is 0 Å². The fourth-order valence-electron chi connectivity index (χ4n) is 4.48. The zero-order valence-corrected chi connectivity index (χ0v) is 20.9. The molecule has 3 aromatic rings. The summed E-state index contributed by atoms with van der Waals surface area (Å²) in [6, 6.07) is 22.3. The number of hydrogen-bond donors (Lipinski definition) is 2. The van der Waals surface area contributed by atoms with Crippen LogP contribution in [0.2, 0.25) is 0 Å². The van der Waals surface area contributed by atoms with E-state index in [0.29, 0.717) is 23.7 Å². The number of carbonyl (C=O) groups excluding carboxylic acids is 1. The first-order valence-corrected chi connectivity index (χ1v) is 11.8. The maximum Gasteiger partial charge on any atom is 0.319 e. The van der Waals surface area contributed by atoms with E-state index in [1.165, 1.54) is 16.7 Å². The van der Waals surface area contributed by atoms with E-state index in [1.54, 1.807) is 32.4 Å².